The van der Waals surface area contributed by atoms with Gasteiger partial charge in [-0.3, -0.25) is 0 Å². The van der Waals surface area contributed by atoms with E-state index in [0.29, 0.717) is 6.54 Å². The molecule has 1 aromatic heterocycles. The second-order valence-electron chi connectivity index (χ2n) is 4.16. The molecule has 0 amide bonds. The molecule has 17 heavy (non-hydrogen) atoms. The molecule has 90 valence electrons. The van der Waals surface area contributed by atoms with Gasteiger partial charge in [0, 0.05) is 12.0 Å². The van der Waals surface area contributed by atoms with Gasteiger partial charge in [0.2, 0.25) is 0 Å². The van der Waals surface area contributed by atoms with Crippen LogP contribution < -0.4 is 5.73 Å². The van der Waals surface area contributed by atoms with Crippen LogP contribution in [0.4, 0.5) is 0 Å². The van der Waals surface area contributed by atoms with Crippen LogP contribution in [0.15, 0.2) is 18.2 Å². The predicted octanol–water partition coefficient (Wildman–Crippen LogP) is 2.71. The van der Waals surface area contributed by atoms with E-state index in [9.17, 15) is 0 Å². The summed E-state index contributed by atoms with van der Waals surface area (Å²) in [5.74, 6) is 0. The van der Waals surface area contributed by atoms with Gasteiger partial charge in [0.15, 0.2) is 0 Å². The Morgan fingerprint density at radius 1 is 1.18 bits per heavy atom. The maximum atomic E-state index is 5.50. The molecule has 2 aromatic rings. The van der Waals surface area contributed by atoms with Crippen LogP contribution in [0.1, 0.15) is 22.6 Å². The summed E-state index contributed by atoms with van der Waals surface area (Å²) in [6, 6.07) is 6.30. The van der Waals surface area contributed by atoms with Crippen molar-refractivity contribution in [1.29, 1.82) is 0 Å². The highest BCUT2D eigenvalue weighted by Crippen LogP contribution is 2.29. The number of benzene rings is 1. The van der Waals surface area contributed by atoms with Crippen molar-refractivity contribution in [2.24, 2.45) is 5.73 Å². The fourth-order valence-electron chi connectivity index (χ4n) is 1.86. The summed E-state index contributed by atoms with van der Waals surface area (Å²) in [5.41, 5.74) is 9.24. The molecular formula is C13H17N3S. The van der Waals surface area contributed by atoms with E-state index in [2.05, 4.69) is 42.2 Å². The van der Waals surface area contributed by atoms with E-state index in [1.54, 1.807) is 11.3 Å². The first-order valence-corrected chi connectivity index (χ1v) is 6.63. The molecule has 0 fully saturated rings. The van der Waals surface area contributed by atoms with E-state index in [4.69, 9.17) is 5.73 Å². The van der Waals surface area contributed by atoms with E-state index in [0.717, 1.165) is 22.9 Å². The molecule has 0 aliphatic heterocycles. The second kappa shape index (κ2) is 5.38. The molecular weight excluding hydrogens is 230 g/mol. The Bertz CT molecular complexity index is 485. The Hall–Kier alpha value is -1.26. The molecule has 0 unspecified atom stereocenters. The molecule has 0 spiro atoms. The van der Waals surface area contributed by atoms with Gasteiger partial charge in [-0.2, -0.15) is 0 Å². The lowest BCUT2D eigenvalue weighted by atomic mass is 10.0. The van der Waals surface area contributed by atoms with Crippen LogP contribution in [0.25, 0.3) is 10.6 Å². The van der Waals surface area contributed by atoms with Crippen molar-refractivity contribution in [3.8, 4) is 10.6 Å². The van der Waals surface area contributed by atoms with Crippen LogP contribution in [0, 0.1) is 13.8 Å². The van der Waals surface area contributed by atoms with Crippen molar-refractivity contribution < 1.29 is 0 Å². The van der Waals surface area contributed by atoms with Crippen LogP contribution >= 0.6 is 11.3 Å². The zero-order valence-corrected chi connectivity index (χ0v) is 11.0. The van der Waals surface area contributed by atoms with E-state index in [1.165, 1.54) is 16.7 Å². The topological polar surface area (TPSA) is 51.8 Å². The van der Waals surface area contributed by atoms with Crippen molar-refractivity contribution >= 4 is 11.3 Å². The lowest BCUT2D eigenvalue weighted by molar-refractivity contribution is 0.812. The molecule has 4 heteroatoms. The first-order valence-electron chi connectivity index (χ1n) is 5.81. The lowest BCUT2D eigenvalue weighted by Crippen LogP contribution is -1.99. The Labute approximate surface area is 106 Å². The number of hydrogen-bond acceptors (Lipinski definition) is 4. The van der Waals surface area contributed by atoms with E-state index in [-0.39, 0.29) is 0 Å². The molecule has 1 aromatic carbocycles. The SMILES string of the molecule is Cc1cccc(C)c1-c1nnc(CCCN)s1. The van der Waals surface area contributed by atoms with Gasteiger partial charge in [-0.1, -0.05) is 29.5 Å². The number of nitrogens with two attached hydrogens (primary N) is 1. The minimum atomic E-state index is 0.707. The Kier molecular flexibility index (Phi) is 3.86. The summed E-state index contributed by atoms with van der Waals surface area (Å²) >= 11 is 1.68. The van der Waals surface area contributed by atoms with Crippen LogP contribution in [-0.2, 0) is 6.42 Å². The Morgan fingerprint density at radius 3 is 2.53 bits per heavy atom. The quantitative estimate of drug-likeness (QED) is 0.903. The number of hydrogen-bond donors (Lipinski definition) is 1. The average Bonchev–Trinajstić information content (AvgIpc) is 2.75. The molecule has 0 atom stereocenters. The molecule has 3 nitrogen and oxygen atoms in total. The largest absolute Gasteiger partial charge is 0.330 e. The molecule has 0 saturated carbocycles. The normalized spacial score (nSPS) is 10.8. The van der Waals surface area contributed by atoms with Crippen LogP contribution in [-0.4, -0.2) is 16.7 Å². The van der Waals surface area contributed by atoms with Crippen molar-refractivity contribution in [2.45, 2.75) is 26.7 Å². The average molecular weight is 247 g/mol. The highest BCUT2D eigenvalue weighted by atomic mass is 32.1. The van der Waals surface area contributed by atoms with E-state index < -0.39 is 0 Å². The Morgan fingerprint density at radius 2 is 1.88 bits per heavy atom. The van der Waals surface area contributed by atoms with Gasteiger partial charge >= 0.3 is 0 Å². The smallest absolute Gasteiger partial charge is 0.148 e. The maximum Gasteiger partial charge on any atom is 0.148 e. The molecule has 1 heterocycles. The summed E-state index contributed by atoms with van der Waals surface area (Å²) in [6.07, 6.45) is 1.90. The van der Waals surface area contributed by atoms with Gasteiger partial charge in [0.05, 0.1) is 0 Å². The Balaban J connectivity index is 2.30. The molecule has 0 bridgehead atoms. The molecule has 0 aliphatic rings. The fourth-order valence-corrected chi connectivity index (χ4v) is 2.92. The predicted molar refractivity (Wildman–Crippen MR) is 72.2 cm³/mol. The van der Waals surface area contributed by atoms with Crippen molar-refractivity contribution in [3.05, 3.63) is 34.3 Å². The standard InChI is InChI=1S/C13H17N3S/c1-9-5-3-6-10(2)12(9)13-16-15-11(17-13)7-4-8-14/h3,5-6H,4,7-8,14H2,1-2H3. The van der Waals surface area contributed by atoms with Crippen LogP contribution in [0.3, 0.4) is 0 Å². The minimum Gasteiger partial charge on any atom is -0.330 e. The first-order chi connectivity index (χ1) is 8.22. The highest BCUT2D eigenvalue weighted by Gasteiger charge is 2.10. The molecule has 0 aliphatic carbocycles. The van der Waals surface area contributed by atoms with Crippen molar-refractivity contribution in [1.82, 2.24) is 10.2 Å². The van der Waals surface area contributed by atoms with Gasteiger partial charge in [-0.15, -0.1) is 10.2 Å². The van der Waals surface area contributed by atoms with Gasteiger partial charge < -0.3 is 5.73 Å². The van der Waals surface area contributed by atoms with Crippen molar-refractivity contribution in [3.63, 3.8) is 0 Å². The van der Waals surface area contributed by atoms with Gasteiger partial charge in [0.25, 0.3) is 0 Å². The lowest BCUT2D eigenvalue weighted by Gasteiger charge is -2.04. The van der Waals surface area contributed by atoms with Crippen molar-refractivity contribution in [2.75, 3.05) is 6.54 Å². The van der Waals surface area contributed by atoms with E-state index in [1.807, 2.05) is 0 Å². The number of aryl methyl sites for hydroxylation is 3. The molecule has 0 saturated heterocycles. The summed E-state index contributed by atoms with van der Waals surface area (Å²) in [5, 5.41) is 10.6. The minimum absolute atomic E-state index is 0.707. The van der Waals surface area contributed by atoms with E-state index >= 15 is 0 Å². The van der Waals surface area contributed by atoms with Gasteiger partial charge in [-0.05, 0) is 37.9 Å². The van der Waals surface area contributed by atoms with Crippen LogP contribution in [0.2, 0.25) is 0 Å². The highest BCUT2D eigenvalue weighted by molar-refractivity contribution is 7.14. The molecule has 2 rings (SSSR count). The van der Waals surface area contributed by atoms with Gasteiger partial charge in [0.1, 0.15) is 10.0 Å². The van der Waals surface area contributed by atoms with Crippen LogP contribution in [0.5, 0.6) is 0 Å². The maximum absolute atomic E-state index is 5.50. The zero-order valence-electron chi connectivity index (χ0n) is 10.2. The third-order valence-corrected chi connectivity index (χ3v) is 3.76. The summed E-state index contributed by atoms with van der Waals surface area (Å²) in [6.45, 7) is 4.94. The monoisotopic (exact) mass is 247 g/mol. The zero-order chi connectivity index (χ0) is 12.3. The molecule has 0 radical (unpaired) electrons. The third kappa shape index (κ3) is 2.70. The van der Waals surface area contributed by atoms with Gasteiger partial charge in [-0.25, -0.2) is 0 Å². The number of nitrogens with zero attached hydrogens (tertiary/aromatic N) is 2. The third-order valence-electron chi connectivity index (χ3n) is 2.76. The number of rotatable bonds is 4. The summed E-state index contributed by atoms with van der Waals surface area (Å²) in [4.78, 5) is 0. The molecule has 2 N–H and O–H groups in total. The first kappa shape index (κ1) is 12.2. The summed E-state index contributed by atoms with van der Waals surface area (Å²) < 4.78 is 0. The fraction of sp³-hybridized carbons (Fsp3) is 0.385. The summed E-state index contributed by atoms with van der Waals surface area (Å²) in [7, 11) is 0. The second-order valence-corrected chi connectivity index (χ2v) is 5.22. The number of aromatic nitrogens is 2.